The number of nitrogens with one attached hydrogen (secondary N) is 1. The van der Waals surface area contributed by atoms with E-state index < -0.39 is 11.1 Å². The number of benzene rings is 2. The Bertz CT molecular complexity index is 1100. The summed E-state index contributed by atoms with van der Waals surface area (Å²) in [6.07, 6.45) is -3.70. The molecule has 1 aromatic heterocycles. The number of ether oxygens (including phenoxy) is 1. The molecule has 4 nitrogen and oxygen atoms in total. The Morgan fingerprint density at radius 3 is 2.66 bits per heavy atom. The first-order valence-electron chi connectivity index (χ1n) is 10.4. The van der Waals surface area contributed by atoms with Crippen LogP contribution in [0.5, 0.6) is 5.75 Å². The first kappa shape index (κ1) is 22.4. The normalized spacial score (nSPS) is 13.3. The maximum Gasteiger partial charge on any atom is 0.426 e. The van der Waals surface area contributed by atoms with Gasteiger partial charge in [-0.15, -0.1) is 11.3 Å². The van der Waals surface area contributed by atoms with Crippen LogP contribution in [0, 0.1) is 0 Å². The number of nitrogens with zero attached hydrogens (tertiary/aromatic N) is 1. The Balaban J connectivity index is 1.49. The molecule has 2 aromatic carbocycles. The molecule has 0 bridgehead atoms. The van der Waals surface area contributed by atoms with Gasteiger partial charge in [0.05, 0.1) is 6.54 Å². The van der Waals surface area contributed by atoms with Crippen LogP contribution in [-0.2, 0) is 24.0 Å². The number of carbonyl (C=O) groups is 1. The van der Waals surface area contributed by atoms with Crippen molar-refractivity contribution in [3.8, 4) is 16.9 Å². The molecule has 168 valence electrons. The number of fused-ring (bicyclic) bond motifs is 1. The van der Waals surface area contributed by atoms with Crippen molar-refractivity contribution >= 4 is 22.9 Å². The van der Waals surface area contributed by atoms with Gasteiger partial charge in [0.2, 0.25) is 5.91 Å². The largest absolute Gasteiger partial charge is 0.488 e. The second kappa shape index (κ2) is 9.34. The van der Waals surface area contributed by atoms with Gasteiger partial charge in [0.15, 0.2) is 0 Å². The molecule has 8 heteroatoms. The summed E-state index contributed by atoms with van der Waals surface area (Å²) in [5.41, 5.74) is 2.56. The maximum atomic E-state index is 13.6. The second-order valence-corrected chi connectivity index (χ2v) is 8.61. The molecule has 1 amide bonds. The van der Waals surface area contributed by atoms with Crippen LogP contribution in [0.4, 0.5) is 18.9 Å². The third-order valence-corrected chi connectivity index (χ3v) is 6.43. The summed E-state index contributed by atoms with van der Waals surface area (Å²) in [5, 5.41) is 3.04. The molecule has 0 spiro atoms. The Morgan fingerprint density at radius 2 is 1.94 bits per heavy atom. The monoisotopic (exact) mass is 460 g/mol. The van der Waals surface area contributed by atoms with Gasteiger partial charge in [0.25, 0.3) is 0 Å². The lowest BCUT2D eigenvalue weighted by Gasteiger charge is -2.17. The molecular weight excluding hydrogens is 437 g/mol. The van der Waals surface area contributed by atoms with E-state index in [-0.39, 0.29) is 24.6 Å². The van der Waals surface area contributed by atoms with Gasteiger partial charge >= 0.3 is 6.18 Å². The highest BCUT2D eigenvalue weighted by molar-refractivity contribution is 7.12. The summed E-state index contributed by atoms with van der Waals surface area (Å²) in [5.74, 6) is 0.596. The first-order valence-corrected chi connectivity index (χ1v) is 11.2. The van der Waals surface area contributed by atoms with Crippen molar-refractivity contribution in [1.29, 1.82) is 0 Å². The minimum absolute atomic E-state index is 0.0194. The fourth-order valence-corrected chi connectivity index (χ4v) is 4.72. The predicted octanol–water partition coefficient (Wildman–Crippen LogP) is 5.51. The van der Waals surface area contributed by atoms with Crippen molar-refractivity contribution in [2.75, 3.05) is 24.5 Å². The molecule has 0 radical (unpaired) electrons. The molecule has 0 atom stereocenters. The van der Waals surface area contributed by atoms with Gasteiger partial charge in [-0.3, -0.25) is 4.79 Å². The molecule has 1 aliphatic rings. The molecule has 1 aliphatic heterocycles. The zero-order valence-electron chi connectivity index (χ0n) is 17.5. The van der Waals surface area contributed by atoms with Crippen molar-refractivity contribution in [2.45, 2.75) is 26.1 Å². The Kier molecular flexibility index (Phi) is 6.53. The van der Waals surface area contributed by atoms with Crippen molar-refractivity contribution in [3.05, 3.63) is 69.9 Å². The zero-order valence-corrected chi connectivity index (χ0v) is 18.4. The molecule has 0 fully saturated rings. The number of hydrogen-bond donors (Lipinski definition) is 1. The van der Waals surface area contributed by atoms with Gasteiger partial charge in [0.1, 0.15) is 17.2 Å². The van der Waals surface area contributed by atoms with Crippen molar-refractivity contribution in [1.82, 2.24) is 5.32 Å². The number of rotatable bonds is 7. The standard InChI is InChI=1S/C24H23F3N2O2S/c1-2-28-14-22(30)29-11-10-17-12-18(8-9-21(17)29)31-15-19-13-20(16-6-4-3-5-7-16)23(32-19)24(25,26)27/h3-9,12-13,28H,2,10-11,14-15H2,1H3. The van der Waals surface area contributed by atoms with Crippen LogP contribution in [0.2, 0.25) is 0 Å². The fraction of sp³-hybridized carbons (Fsp3) is 0.292. The number of likely N-dealkylation sites (N-methyl/N-ethyl adjacent to an activating group) is 1. The molecule has 1 N–H and O–H groups in total. The van der Waals surface area contributed by atoms with Crippen LogP contribution in [0.15, 0.2) is 54.6 Å². The van der Waals surface area contributed by atoms with E-state index in [1.54, 1.807) is 47.4 Å². The van der Waals surface area contributed by atoms with Crippen molar-refractivity contribution in [2.24, 2.45) is 0 Å². The van der Waals surface area contributed by atoms with E-state index in [9.17, 15) is 18.0 Å². The lowest BCUT2D eigenvalue weighted by Crippen LogP contribution is -2.37. The summed E-state index contributed by atoms with van der Waals surface area (Å²) in [6.45, 7) is 3.62. The quantitative estimate of drug-likeness (QED) is 0.505. The van der Waals surface area contributed by atoms with Crippen LogP contribution in [-0.4, -0.2) is 25.5 Å². The van der Waals surface area contributed by atoms with Crippen LogP contribution in [0.1, 0.15) is 22.2 Å². The Hall–Kier alpha value is -2.84. The highest BCUT2D eigenvalue weighted by Crippen LogP contribution is 2.43. The minimum atomic E-state index is -4.43. The maximum absolute atomic E-state index is 13.6. The second-order valence-electron chi connectivity index (χ2n) is 7.47. The van der Waals surface area contributed by atoms with Crippen molar-refractivity contribution < 1.29 is 22.7 Å². The number of carbonyl (C=O) groups excluding carboxylic acids is 1. The molecule has 0 saturated heterocycles. The SMILES string of the molecule is CCNCC(=O)N1CCc2cc(OCc3cc(-c4ccccc4)c(C(F)(F)F)s3)ccc21. The summed E-state index contributed by atoms with van der Waals surface area (Å²) in [6, 6.07) is 15.6. The van der Waals surface area contributed by atoms with E-state index in [2.05, 4.69) is 5.32 Å². The van der Waals surface area contributed by atoms with E-state index in [1.807, 2.05) is 19.1 Å². The topological polar surface area (TPSA) is 41.6 Å². The predicted molar refractivity (Wildman–Crippen MR) is 120 cm³/mol. The van der Waals surface area contributed by atoms with E-state index in [4.69, 9.17) is 4.74 Å². The number of alkyl halides is 3. The lowest BCUT2D eigenvalue weighted by molar-refractivity contribution is -0.133. The summed E-state index contributed by atoms with van der Waals surface area (Å²) in [4.78, 5) is 14.0. The third kappa shape index (κ3) is 4.81. The third-order valence-electron chi connectivity index (χ3n) is 5.28. The van der Waals surface area contributed by atoms with Crippen LogP contribution < -0.4 is 15.0 Å². The van der Waals surface area contributed by atoms with E-state index in [1.165, 1.54) is 0 Å². The van der Waals surface area contributed by atoms with Crippen LogP contribution in [0.3, 0.4) is 0 Å². The smallest absolute Gasteiger partial charge is 0.426 e. The molecule has 3 aromatic rings. The number of thiophene rings is 1. The minimum Gasteiger partial charge on any atom is -0.488 e. The van der Waals surface area contributed by atoms with E-state index in [0.29, 0.717) is 34.1 Å². The summed E-state index contributed by atoms with van der Waals surface area (Å²) in [7, 11) is 0. The molecule has 2 heterocycles. The average molecular weight is 461 g/mol. The molecular formula is C24H23F3N2O2S. The Labute approximate surface area is 188 Å². The summed E-state index contributed by atoms with van der Waals surface area (Å²) >= 11 is 0.708. The fourth-order valence-electron chi connectivity index (χ4n) is 3.76. The van der Waals surface area contributed by atoms with Gasteiger partial charge in [-0.25, -0.2) is 0 Å². The number of amides is 1. The first-order chi connectivity index (χ1) is 15.4. The molecule has 0 aliphatic carbocycles. The number of anilines is 1. The highest BCUT2D eigenvalue weighted by atomic mass is 32.1. The van der Waals surface area contributed by atoms with Gasteiger partial charge < -0.3 is 15.0 Å². The van der Waals surface area contributed by atoms with Crippen molar-refractivity contribution in [3.63, 3.8) is 0 Å². The zero-order chi connectivity index (χ0) is 22.7. The molecule has 32 heavy (non-hydrogen) atoms. The number of halogens is 3. The molecule has 0 unspecified atom stereocenters. The highest BCUT2D eigenvalue weighted by Gasteiger charge is 2.36. The van der Waals surface area contributed by atoms with Crippen LogP contribution in [0.25, 0.3) is 11.1 Å². The average Bonchev–Trinajstić information content (AvgIpc) is 3.41. The van der Waals surface area contributed by atoms with Crippen LogP contribution >= 0.6 is 11.3 Å². The van der Waals surface area contributed by atoms with Gasteiger partial charge in [-0.05, 0) is 48.4 Å². The van der Waals surface area contributed by atoms with Gasteiger partial charge in [0, 0.05) is 22.7 Å². The Morgan fingerprint density at radius 1 is 1.16 bits per heavy atom. The lowest BCUT2D eigenvalue weighted by atomic mass is 10.1. The number of hydrogen-bond acceptors (Lipinski definition) is 4. The van der Waals surface area contributed by atoms with E-state index in [0.717, 1.165) is 24.2 Å². The summed E-state index contributed by atoms with van der Waals surface area (Å²) < 4.78 is 46.5. The van der Waals surface area contributed by atoms with Gasteiger partial charge in [-0.1, -0.05) is 37.3 Å². The van der Waals surface area contributed by atoms with E-state index >= 15 is 0 Å². The molecule has 4 rings (SSSR count). The molecule has 0 saturated carbocycles. The van der Waals surface area contributed by atoms with Gasteiger partial charge in [-0.2, -0.15) is 13.2 Å².